The summed E-state index contributed by atoms with van der Waals surface area (Å²) in [5.41, 5.74) is 4.76. The van der Waals surface area contributed by atoms with Gasteiger partial charge in [-0.25, -0.2) is 0 Å². The second kappa shape index (κ2) is 2.18. The summed E-state index contributed by atoms with van der Waals surface area (Å²) in [6.45, 7) is 3.15. The minimum atomic E-state index is -1.08. The van der Waals surface area contributed by atoms with Crippen LogP contribution in [0.4, 0.5) is 0 Å². The molecule has 0 rings (SSSR count). The third-order valence-electron chi connectivity index (χ3n) is 0.321. The molecule has 0 aliphatic heterocycles. The molecule has 0 fully saturated rings. The predicted molar refractivity (Wildman–Crippen MR) is 25.2 cm³/mol. The van der Waals surface area contributed by atoms with Gasteiger partial charge in [-0.05, 0) is 0 Å². The predicted octanol–water partition coefficient (Wildman–Crippen LogP) is 0.0160. The fraction of sp³-hybridized carbons (Fsp3) is 0.333. The Morgan fingerprint density at radius 3 is 2.17 bits per heavy atom. The van der Waals surface area contributed by atoms with Crippen molar-refractivity contribution in [2.75, 3.05) is 0 Å². The molecule has 0 aliphatic rings. The van der Waals surface area contributed by atoms with Crippen molar-refractivity contribution in [3.8, 4) is 0 Å². The van der Waals surface area contributed by atoms with Gasteiger partial charge in [-0.15, -0.1) is 0 Å². The van der Waals surface area contributed by atoms with Crippen molar-refractivity contribution in [2.24, 2.45) is 5.73 Å². The van der Waals surface area contributed by atoms with Gasteiger partial charge in [0.1, 0.15) is 6.23 Å². The SMILES string of the molecule is C=C(Cl)[C@@H](N)O. The monoisotopic (exact) mass is 107 g/mol. The zero-order chi connectivity index (χ0) is 5.15. The average molecular weight is 108 g/mol. The van der Waals surface area contributed by atoms with Gasteiger partial charge in [-0.3, -0.25) is 0 Å². The highest BCUT2D eigenvalue weighted by Crippen LogP contribution is 1.95. The highest BCUT2D eigenvalue weighted by Gasteiger charge is 1.92. The maximum absolute atomic E-state index is 8.18. The molecule has 1 atom stereocenters. The Bertz CT molecular complexity index is 61.8. The van der Waals surface area contributed by atoms with Crippen molar-refractivity contribution in [1.82, 2.24) is 0 Å². The molecule has 0 aromatic carbocycles. The fourth-order valence-electron chi connectivity index (χ4n) is 0. The number of halogens is 1. The average Bonchev–Trinajstić information content (AvgIpc) is 1.36. The molecule has 0 aromatic rings. The van der Waals surface area contributed by atoms with Crippen LogP contribution in [0, 0.1) is 0 Å². The van der Waals surface area contributed by atoms with Crippen molar-refractivity contribution in [3.63, 3.8) is 0 Å². The molecule has 0 aromatic heterocycles. The number of hydrogen-bond donors (Lipinski definition) is 2. The number of aliphatic hydroxyl groups excluding tert-OH is 1. The summed E-state index contributed by atoms with van der Waals surface area (Å²) in [6, 6.07) is 0. The van der Waals surface area contributed by atoms with E-state index in [1.54, 1.807) is 0 Å². The third kappa shape index (κ3) is 2.20. The quantitative estimate of drug-likeness (QED) is 0.464. The van der Waals surface area contributed by atoms with Crippen molar-refractivity contribution in [1.29, 1.82) is 0 Å². The molecule has 3 N–H and O–H groups in total. The lowest BCUT2D eigenvalue weighted by molar-refractivity contribution is 0.227. The highest BCUT2D eigenvalue weighted by atomic mass is 35.5. The van der Waals surface area contributed by atoms with E-state index in [2.05, 4.69) is 6.58 Å². The largest absolute Gasteiger partial charge is 0.374 e. The van der Waals surface area contributed by atoms with Gasteiger partial charge in [-0.1, -0.05) is 18.2 Å². The second-order valence-electron chi connectivity index (χ2n) is 0.892. The van der Waals surface area contributed by atoms with Gasteiger partial charge in [0.05, 0.1) is 5.03 Å². The van der Waals surface area contributed by atoms with Gasteiger partial charge in [0.15, 0.2) is 0 Å². The molecule has 0 heterocycles. The zero-order valence-electron chi connectivity index (χ0n) is 3.19. The molecule has 0 amide bonds. The summed E-state index contributed by atoms with van der Waals surface area (Å²) < 4.78 is 0. The van der Waals surface area contributed by atoms with Gasteiger partial charge in [0.2, 0.25) is 0 Å². The van der Waals surface area contributed by atoms with E-state index < -0.39 is 6.23 Å². The lowest BCUT2D eigenvalue weighted by atomic mass is 10.6. The molecule has 2 nitrogen and oxygen atoms in total. The van der Waals surface area contributed by atoms with Crippen LogP contribution >= 0.6 is 11.6 Å². The van der Waals surface area contributed by atoms with Crippen LogP contribution in [0.5, 0.6) is 0 Å². The summed E-state index contributed by atoms with van der Waals surface area (Å²) in [4.78, 5) is 0. The van der Waals surface area contributed by atoms with Crippen molar-refractivity contribution in [2.45, 2.75) is 6.23 Å². The first-order valence-electron chi connectivity index (χ1n) is 1.42. The first kappa shape index (κ1) is 5.95. The normalized spacial score (nSPS) is 13.8. The van der Waals surface area contributed by atoms with Crippen LogP contribution in [-0.4, -0.2) is 11.3 Å². The molecule has 0 radical (unpaired) electrons. The molecule has 36 valence electrons. The topological polar surface area (TPSA) is 46.2 Å². The Hall–Kier alpha value is -0.0500. The molecule has 0 unspecified atom stereocenters. The van der Waals surface area contributed by atoms with Crippen LogP contribution in [0.1, 0.15) is 0 Å². The van der Waals surface area contributed by atoms with E-state index in [-0.39, 0.29) is 5.03 Å². The lowest BCUT2D eigenvalue weighted by Crippen LogP contribution is -2.17. The summed E-state index contributed by atoms with van der Waals surface area (Å²) in [5, 5.41) is 8.24. The van der Waals surface area contributed by atoms with E-state index in [4.69, 9.17) is 22.4 Å². The van der Waals surface area contributed by atoms with E-state index in [1.165, 1.54) is 0 Å². The maximum atomic E-state index is 8.18. The molecular weight excluding hydrogens is 101 g/mol. The van der Waals surface area contributed by atoms with Gasteiger partial charge in [0, 0.05) is 0 Å². The van der Waals surface area contributed by atoms with Crippen LogP contribution < -0.4 is 5.73 Å². The van der Waals surface area contributed by atoms with Crippen LogP contribution in [0.25, 0.3) is 0 Å². The van der Waals surface area contributed by atoms with Gasteiger partial charge >= 0.3 is 0 Å². The second-order valence-corrected chi connectivity index (χ2v) is 1.38. The van der Waals surface area contributed by atoms with Crippen molar-refractivity contribution >= 4 is 11.6 Å². The van der Waals surface area contributed by atoms with Crippen LogP contribution in [-0.2, 0) is 0 Å². The molecule has 3 heteroatoms. The van der Waals surface area contributed by atoms with Crippen LogP contribution in [0.2, 0.25) is 0 Å². The summed E-state index contributed by atoms with van der Waals surface area (Å²) >= 11 is 5.04. The molecule has 0 saturated carbocycles. The number of hydrogen-bond acceptors (Lipinski definition) is 2. The van der Waals surface area contributed by atoms with Crippen molar-refractivity contribution < 1.29 is 5.11 Å². The van der Waals surface area contributed by atoms with Gasteiger partial charge < -0.3 is 10.8 Å². The smallest absolute Gasteiger partial charge is 0.138 e. The Labute approximate surface area is 41.2 Å². The molecule has 0 spiro atoms. The van der Waals surface area contributed by atoms with E-state index in [1.807, 2.05) is 0 Å². The molecule has 6 heavy (non-hydrogen) atoms. The highest BCUT2D eigenvalue weighted by molar-refractivity contribution is 6.29. The van der Waals surface area contributed by atoms with Crippen LogP contribution in [0.3, 0.4) is 0 Å². The number of aliphatic hydroxyl groups is 1. The Balaban J connectivity index is 3.26. The standard InChI is InChI=1S/C3H6ClNO/c1-2(4)3(5)6/h3,6H,1,5H2/t3-/m0/s1. The fourth-order valence-corrected chi connectivity index (χ4v) is 0. The Morgan fingerprint density at radius 1 is 2.00 bits per heavy atom. The van der Waals surface area contributed by atoms with Crippen molar-refractivity contribution in [3.05, 3.63) is 11.6 Å². The first-order chi connectivity index (χ1) is 2.64. The zero-order valence-corrected chi connectivity index (χ0v) is 3.94. The van der Waals surface area contributed by atoms with Crippen LogP contribution in [0.15, 0.2) is 11.6 Å². The lowest BCUT2D eigenvalue weighted by Gasteiger charge is -1.94. The third-order valence-corrected chi connectivity index (χ3v) is 0.545. The molecule has 0 aliphatic carbocycles. The summed E-state index contributed by atoms with van der Waals surface area (Å²) in [5.74, 6) is 0. The summed E-state index contributed by atoms with van der Waals surface area (Å²) in [7, 11) is 0. The number of nitrogens with two attached hydrogens (primary N) is 1. The van der Waals surface area contributed by atoms with E-state index in [0.717, 1.165) is 0 Å². The van der Waals surface area contributed by atoms with Gasteiger partial charge in [0.25, 0.3) is 0 Å². The number of rotatable bonds is 1. The minimum absolute atomic E-state index is 0.0648. The molecular formula is C3H6ClNO. The maximum Gasteiger partial charge on any atom is 0.138 e. The Kier molecular flexibility index (Phi) is 2.16. The van der Waals surface area contributed by atoms with Gasteiger partial charge in [-0.2, -0.15) is 0 Å². The Morgan fingerprint density at radius 2 is 2.17 bits per heavy atom. The summed E-state index contributed by atoms with van der Waals surface area (Å²) in [6.07, 6.45) is -1.08. The first-order valence-corrected chi connectivity index (χ1v) is 1.80. The van der Waals surface area contributed by atoms with E-state index in [0.29, 0.717) is 0 Å². The molecule has 0 saturated heterocycles. The minimum Gasteiger partial charge on any atom is -0.374 e. The van der Waals surface area contributed by atoms with E-state index >= 15 is 0 Å². The van der Waals surface area contributed by atoms with E-state index in [9.17, 15) is 0 Å². The molecule has 0 bridgehead atoms.